The molecule has 3 amide bonds. The Balaban J connectivity index is 1.70. The topological polar surface area (TPSA) is 52.7 Å². The molecule has 3 saturated heterocycles. The highest BCUT2D eigenvalue weighted by molar-refractivity contribution is 6.06. The number of anilines is 1. The van der Waals surface area contributed by atoms with Gasteiger partial charge in [-0.25, -0.2) is 4.79 Å². The Hall–Kier alpha value is -1.88. The average Bonchev–Trinajstić information content (AvgIpc) is 2.83. The zero-order valence-corrected chi connectivity index (χ0v) is 12.4. The van der Waals surface area contributed by atoms with E-state index in [1.165, 1.54) is 5.56 Å². The third kappa shape index (κ3) is 1.47. The van der Waals surface area contributed by atoms with Gasteiger partial charge in [-0.3, -0.25) is 19.9 Å². The summed E-state index contributed by atoms with van der Waals surface area (Å²) in [5.41, 5.74) is 2.27. The van der Waals surface area contributed by atoms with Crippen molar-refractivity contribution < 1.29 is 9.59 Å². The lowest BCUT2D eigenvalue weighted by Gasteiger charge is -2.49. The standard InChI is InChI=1S/C17H19N3O2/c21-16-12-5-3-8-19-9-7-11-10-4-1-2-6-13(10)20(17(22)18-16)15(11)14(12)19/h1-2,4,6,11-12,14-15H,3,5,7-9H2,(H,18,21,22)/t11-,12+,14+,15+/m0/s1. The molecule has 1 aromatic rings. The van der Waals surface area contributed by atoms with Crippen LogP contribution in [0.5, 0.6) is 0 Å². The van der Waals surface area contributed by atoms with E-state index in [4.69, 9.17) is 0 Å². The fraction of sp³-hybridized carbons (Fsp3) is 0.529. The van der Waals surface area contributed by atoms with Crippen LogP contribution in [0.3, 0.4) is 0 Å². The van der Waals surface area contributed by atoms with Gasteiger partial charge in [0, 0.05) is 17.6 Å². The molecule has 1 aromatic carbocycles. The monoisotopic (exact) mass is 297 g/mol. The molecule has 0 unspecified atom stereocenters. The van der Waals surface area contributed by atoms with E-state index in [0.29, 0.717) is 5.92 Å². The Kier molecular flexibility index (Phi) is 2.48. The number of rotatable bonds is 0. The van der Waals surface area contributed by atoms with E-state index < -0.39 is 0 Å². The van der Waals surface area contributed by atoms with Crippen molar-refractivity contribution in [3.63, 3.8) is 0 Å². The molecule has 5 rings (SSSR count). The lowest BCUT2D eigenvalue weighted by atomic mass is 9.75. The predicted octanol–water partition coefficient (Wildman–Crippen LogP) is 1.69. The molecule has 0 saturated carbocycles. The highest BCUT2D eigenvalue weighted by Gasteiger charge is 2.56. The van der Waals surface area contributed by atoms with E-state index >= 15 is 0 Å². The minimum absolute atomic E-state index is 0.0511. The summed E-state index contributed by atoms with van der Waals surface area (Å²) in [7, 11) is 0. The largest absolute Gasteiger partial charge is 0.328 e. The second kappa shape index (κ2) is 4.32. The van der Waals surface area contributed by atoms with Gasteiger partial charge in [0.15, 0.2) is 0 Å². The fourth-order valence-corrected chi connectivity index (χ4v) is 5.16. The number of hydrogen-bond acceptors (Lipinski definition) is 3. The van der Waals surface area contributed by atoms with Crippen LogP contribution in [0.2, 0.25) is 0 Å². The van der Waals surface area contributed by atoms with Crippen molar-refractivity contribution in [3.05, 3.63) is 29.8 Å². The van der Waals surface area contributed by atoms with Gasteiger partial charge in [0.05, 0.1) is 12.0 Å². The molecule has 22 heavy (non-hydrogen) atoms. The molecule has 0 radical (unpaired) electrons. The van der Waals surface area contributed by atoms with Crippen molar-refractivity contribution >= 4 is 17.6 Å². The van der Waals surface area contributed by atoms with E-state index in [9.17, 15) is 9.59 Å². The lowest BCUT2D eigenvalue weighted by molar-refractivity contribution is -0.128. The van der Waals surface area contributed by atoms with Crippen LogP contribution in [0.1, 0.15) is 30.7 Å². The summed E-state index contributed by atoms with van der Waals surface area (Å²) < 4.78 is 0. The van der Waals surface area contributed by atoms with Gasteiger partial charge in [-0.05, 0) is 44.0 Å². The van der Waals surface area contributed by atoms with Gasteiger partial charge in [0.25, 0.3) is 0 Å². The first-order valence-corrected chi connectivity index (χ1v) is 8.23. The molecule has 0 bridgehead atoms. The third-order valence-corrected chi connectivity index (χ3v) is 5.96. The van der Waals surface area contributed by atoms with Crippen molar-refractivity contribution in [2.24, 2.45) is 5.92 Å². The van der Waals surface area contributed by atoms with Crippen molar-refractivity contribution in [1.82, 2.24) is 10.2 Å². The maximum Gasteiger partial charge on any atom is 0.328 e. The molecule has 4 atom stereocenters. The molecular weight excluding hydrogens is 278 g/mol. The van der Waals surface area contributed by atoms with Crippen molar-refractivity contribution in [2.45, 2.75) is 37.3 Å². The van der Waals surface area contributed by atoms with E-state index in [1.54, 1.807) is 0 Å². The van der Waals surface area contributed by atoms with Crippen LogP contribution in [0.4, 0.5) is 10.5 Å². The van der Waals surface area contributed by atoms with Crippen LogP contribution < -0.4 is 10.2 Å². The minimum atomic E-state index is -0.235. The summed E-state index contributed by atoms with van der Waals surface area (Å²) >= 11 is 0. The highest BCUT2D eigenvalue weighted by Crippen LogP contribution is 2.50. The quantitative estimate of drug-likeness (QED) is 0.793. The number of piperidine rings is 2. The van der Waals surface area contributed by atoms with Crippen LogP contribution >= 0.6 is 0 Å². The normalized spacial score (nSPS) is 36.5. The fourth-order valence-electron chi connectivity index (χ4n) is 5.16. The molecule has 0 aromatic heterocycles. The molecule has 0 aliphatic carbocycles. The molecular formula is C17H19N3O2. The van der Waals surface area contributed by atoms with E-state index in [1.807, 2.05) is 17.0 Å². The number of nitrogens with zero attached hydrogens (tertiary/aromatic N) is 2. The SMILES string of the molecule is O=C1NC(=O)N2c3ccccc3[C@@H]3CCN4CCC[C@@H]1[C@@H]4[C@@H]32. The zero-order valence-electron chi connectivity index (χ0n) is 12.4. The number of hydrogen-bond donors (Lipinski definition) is 1. The summed E-state index contributed by atoms with van der Waals surface area (Å²) in [6, 6.07) is 8.25. The van der Waals surface area contributed by atoms with Crippen LogP contribution in [0.25, 0.3) is 0 Å². The molecule has 4 aliphatic heterocycles. The Labute approximate surface area is 129 Å². The summed E-state index contributed by atoms with van der Waals surface area (Å²) in [4.78, 5) is 29.5. The maximum atomic E-state index is 12.7. The molecule has 1 N–H and O–H groups in total. The summed E-state index contributed by atoms with van der Waals surface area (Å²) in [6.45, 7) is 2.09. The van der Waals surface area contributed by atoms with Crippen molar-refractivity contribution in [2.75, 3.05) is 18.0 Å². The Morgan fingerprint density at radius 2 is 1.86 bits per heavy atom. The van der Waals surface area contributed by atoms with Crippen LogP contribution in [0.15, 0.2) is 24.3 Å². The number of urea groups is 1. The summed E-state index contributed by atoms with van der Waals surface area (Å²) in [5.74, 6) is 0.242. The minimum Gasteiger partial charge on any atom is -0.297 e. The number of carbonyl (C=O) groups is 2. The van der Waals surface area contributed by atoms with E-state index in [2.05, 4.69) is 22.3 Å². The van der Waals surface area contributed by atoms with Crippen LogP contribution in [-0.2, 0) is 4.79 Å². The van der Waals surface area contributed by atoms with Gasteiger partial charge in [-0.1, -0.05) is 18.2 Å². The van der Waals surface area contributed by atoms with Gasteiger partial charge in [-0.15, -0.1) is 0 Å². The number of nitrogens with one attached hydrogen (secondary N) is 1. The highest BCUT2D eigenvalue weighted by atomic mass is 16.2. The molecule has 3 fully saturated rings. The average molecular weight is 297 g/mol. The van der Waals surface area contributed by atoms with Gasteiger partial charge in [0.2, 0.25) is 5.91 Å². The third-order valence-electron chi connectivity index (χ3n) is 5.96. The number of imide groups is 1. The molecule has 4 heterocycles. The molecule has 4 aliphatic rings. The lowest BCUT2D eigenvalue weighted by Crippen LogP contribution is -2.61. The number of para-hydroxylation sites is 1. The predicted molar refractivity (Wildman–Crippen MR) is 81.7 cm³/mol. The number of benzene rings is 1. The Bertz CT molecular complexity index is 674. The van der Waals surface area contributed by atoms with Gasteiger partial charge in [-0.2, -0.15) is 0 Å². The number of carbonyl (C=O) groups excluding carboxylic acids is 2. The second-order valence-corrected chi connectivity index (χ2v) is 6.88. The van der Waals surface area contributed by atoms with Gasteiger partial charge < -0.3 is 0 Å². The number of amides is 3. The summed E-state index contributed by atoms with van der Waals surface area (Å²) in [6.07, 6.45) is 3.02. The Morgan fingerprint density at radius 1 is 1.00 bits per heavy atom. The maximum absolute atomic E-state index is 12.7. The first-order valence-electron chi connectivity index (χ1n) is 8.23. The smallest absolute Gasteiger partial charge is 0.297 e. The van der Waals surface area contributed by atoms with Gasteiger partial charge >= 0.3 is 6.03 Å². The van der Waals surface area contributed by atoms with Crippen molar-refractivity contribution in [3.8, 4) is 0 Å². The second-order valence-electron chi connectivity index (χ2n) is 6.88. The van der Waals surface area contributed by atoms with Crippen molar-refractivity contribution in [1.29, 1.82) is 0 Å². The van der Waals surface area contributed by atoms with Crippen LogP contribution in [-0.4, -0.2) is 42.0 Å². The summed E-state index contributed by atoms with van der Waals surface area (Å²) in [5, 5.41) is 2.64. The first kappa shape index (κ1) is 12.6. The molecule has 0 spiro atoms. The number of fused-ring (bicyclic) bond motifs is 3. The Morgan fingerprint density at radius 3 is 2.77 bits per heavy atom. The first-order chi connectivity index (χ1) is 10.8. The molecule has 5 nitrogen and oxygen atoms in total. The van der Waals surface area contributed by atoms with Gasteiger partial charge in [0.1, 0.15) is 0 Å². The molecule has 5 heteroatoms. The van der Waals surface area contributed by atoms with E-state index in [-0.39, 0.29) is 29.9 Å². The van der Waals surface area contributed by atoms with E-state index in [0.717, 1.165) is 38.0 Å². The van der Waals surface area contributed by atoms with Crippen LogP contribution in [0, 0.1) is 5.92 Å². The molecule has 114 valence electrons. The zero-order chi connectivity index (χ0) is 14.8.